The number of anilines is 1. The van der Waals surface area contributed by atoms with Gasteiger partial charge in [-0.15, -0.1) is 0 Å². The van der Waals surface area contributed by atoms with Crippen LogP contribution >= 0.6 is 0 Å². The van der Waals surface area contributed by atoms with Crippen LogP contribution in [0.15, 0.2) is 42.5 Å². The minimum absolute atomic E-state index is 0.607. The Hall–Kier alpha value is -2.29. The molecular weight excluding hydrogens is 258 g/mol. The van der Waals surface area contributed by atoms with Crippen LogP contribution in [0.1, 0.15) is 31.5 Å². The number of rotatable bonds is 3. The monoisotopic (exact) mass is 277 g/mol. The fourth-order valence-corrected chi connectivity index (χ4v) is 3.10. The van der Waals surface area contributed by atoms with Crippen molar-refractivity contribution in [3.63, 3.8) is 0 Å². The summed E-state index contributed by atoms with van der Waals surface area (Å²) in [7, 11) is 0. The Morgan fingerprint density at radius 1 is 1.14 bits per heavy atom. The molecule has 1 aliphatic carbocycles. The molecule has 3 heteroatoms. The van der Waals surface area contributed by atoms with Crippen LogP contribution < -0.4 is 5.73 Å². The molecular formula is C18H19N3. The molecule has 1 heterocycles. The first kappa shape index (κ1) is 12.5. The molecule has 3 aromatic rings. The first-order valence-corrected chi connectivity index (χ1v) is 7.63. The van der Waals surface area contributed by atoms with Crippen molar-refractivity contribution in [1.82, 2.24) is 9.55 Å². The molecule has 3 nitrogen and oxygen atoms in total. The standard InChI is InChI=1S/C18H19N3/c1-2-21-17(19)16(20-18(21)13-10-11-13)15-9-5-7-12-6-3-4-8-14(12)15/h3-9,13H,2,10-11,19H2,1H3. The summed E-state index contributed by atoms with van der Waals surface area (Å²) in [5.41, 5.74) is 8.48. The van der Waals surface area contributed by atoms with Gasteiger partial charge in [-0.05, 0) is 30.5 Å². The van der Waals surface area contributed by atoms with E-state index in [0.29, 0.717) is 5.92 Å². The van der Waals surface area contributed by atoms with Crippen molar-refractivity contribution >= 4 is 16.6 Å². The molecule has 1 fully saturated rings. The predicted molar refractivity (Wildman–Crippen MR) is 87.2 cm³/mol. The van der Waals surface area contributed by atoms with Crippen molar-refractivity contribution in [2.75, 3.05) is 5.73 Å². The summed E-state index contributed by atoms with van der Waals surface area (Å²) >= 11 is 0. The second kappa shape index (κ2) is 4.62. The summed E-state index contributed by atoms with van der Waals surface area (Å²) in [5.74, 6) is 2.57. The highest BCUT2D eigenvalue weighted by atomic mass is 15.1. The summed E-state index contributed by atoms with van der Waals surface area (Å²) in [6, 6.07) is 14.8. The molecule has 1 aliphatic rings. The quantitative estimate of drug-likeness (QED) is 0.780. The third-order valence-corrected chi connectivity index (χ3v) is 4.34. The Bertz CT molecular complexity index is 807. The van der Waals surface area contributed by atoms with Crippen LogP contribution in [0.25, 0.3) is 22.0 Å². The number of nitrogen functional groups attached to an aromatic ring is 1. The molecule has 0 aliphatic heterocycles. The second-order valence-corrected chi connectivity index (χ2v) is 5.75. The molecule has 21 heavy (non-hydrogen) atoms. The summed E-state index contributed by atoms with van der Waals surface area (Å²) in [4.78, 5) is 4.90. The third kappa shape index (κ3) is 1.92. The zero-order valence-electron chi connectivity index (χ0n) is 12.2. The van der Waals surface area contributed by atoms with E-state index in [4.69, 9.17) is 10.7 Å². The normalized spacial score (nSPS) is 14.7. The van der Waals surface area contributed by atoms with Gasteiger partial charge in [0.1, 0.15) is 17.3 Å². The molecule has 0 radical (unpaired) electrons. The van der Waals surface area contributed by atoms with Gasteiger partial charge in [-0.2, -0.15) is 0 Å². The maximum atomic E-state index is 6.40. The summed E-state index contributed by atoms with van der Waals surface area (Å²) in [6.45, 7) is 3.02. The Morgan fingerprint density at radius 3 is 2.67 bits per heavy atom. The molecule has 1 aromatic heterocycles. The van der Waals surface area contributed by atoms with Crippen molar-refractivity contribution < 1.29 is 0 Å². The van der Waals surface area contributed by atoms with Crippen LogP contribution in [0.4, 0.5) is 5.82 Å². The Labute approximate surface area is 124 Å². The van der Waals surface area contributed by atoms with E-state index in [1.807, 2.05) is 0 Å². The lowest BCUT2D eigenvalue weighted by Crippen LogP contribution is -2.04. The second-order valence-electron chi connectivity index (χ2n) is 5.75. The fourth-order valence-electron chi connectivity index (χ4n) is 3.10. The molecule has 0 saturated heterocycles. The fraction of sp³-hybridized carbons (Fsp3) is 0.278. The molecule has 0 amide bonds. The zero-order valence-corrected chi connectivity index (χ0v) is 12.2. The lowest BCUT2D eigenvalue weighted by atomic mass is 10.0. The molecule has 0 bridgehead atoms. The van der Waals surface area contributed by atoms with E-state index in [-0.39, 0.29) is 0 Å². The molecule has 1 saturated carbocycles. The minimum Gasteiger partial charge on any atom is -0.383 e. The van der Waals surface area contributed by atoms with E-state index in [1.165, 1.54) is 23.6 Å². The number of hydrogen-bond acceptors (Lipinski definition) is 2. The minimum atomic E-state index is 0.607. The van der Waals surface area contributed by atoms with Gasteiger partial charge < -0.3 is 10.3 Å². The lowest BCUT2D eigenvalue weighted by molar-refractivity contribution is 0.708. The van der Waals surface area contributed by atoms with E-state index in [1.54, 1.807) is 0 Å². The number of nitrogens with two attached hydrogens (primary N) is 1. The highest BCUT2D eigenvalue weighted by Gasteiger charge is 2.30. The van der Waals surface area contributed by atoms with Gasteiger partial charge >= 0.3 is 0 Å². The number of hydrogen-bond donors (Lipinski definition) is 1. The largest absolute Gasteiger partial charge is 0.383 e. The highest BCUT2D eigenvalue weighted by Crippen LogP contribution is 2.43. The summed E-state index contributed by atoms with van der Waals surface area (Å²) < 4.78 is 2.18. The molecule has 4 rings (SSSR count). The summed E-state index contributed by atoms with van der Waals surface area (Å²) in [5, 5.41) is 2.45. The van der Waals surface area contributed by atoms with Crippen LogP contribution in [0.3, 0.4) is 0 Å². The third-order valence-electron chi connectivity index (χ3n) is 4.34. The van der Waals surface area contributed by atoms with Gasteiger partial charge in [0.15, 0.2) is 0 Å². The van der Waals surface area contributed by atoms with E-state index >= 15 is 0 Å². The van der Waals surface area contributed by atoms with Gasteiger partial charge in [0.2, 0.25) is 0 Å². The van der Waals surface area contributed by atoms with Gasteiger partial charge in [-0.25, -0.2) is 4.98 Å². The van der Waals surface area contributed by atoms with Crippen LogP contribution in [0.5, 0.6) is 0 Å². The van der Waals surface area contributed by atoms with Crippen molar-refractivity contribution in [3.8, 4) is 11.3 Å². The number of nitrogens with zero attached hydrogens (tertiary/aromatic N) is 2. The Balaban J connectivity index is 1.96. The van der Waals surface area contributed by atoms with Gasteiger partial charge in [-0.1, -0.05) is 42.5 Å². The van der Waals surface area contributed by atoms with Crippen molar-refractivity contribution in [3.05, 3.63) is 48.3 Å². The van der Waals surface area contributed by atoms with E-state index < -0.39 is 0 Å². The first-order valence-electron chi connectivity index (χ1n) is 7.63. The number of aromatic nitrogens is 2. The predicted octanol–water partition coefficient (Wildman–Crippen LogP) is 4.18. The van der Waals surface area contributed by atoms with Crippen molar-refractivity contribution in [2.24, 2.45) is 0 Å². The van der Waals surface area contributed by atoms with Gasteiger partial charge in [0.05, 0.1) is 0 Å². The van der Waals surface area contributed by atoms with E-state index in [2.05, 4.69) is 54.0 Å². The average Bonchev–Trinajstić information content (AvgIpc) is 3.31. The Morgan fingerprint density at radius 2 is 1.90 bits per heavy atom. The summed E-state index contributed by atoms with van der Waals surface area (Å²) in [6.07, 6.45) is 2.48. The van der Waals surface area contributed by atoms with Crippen molar-refractivity contribution in [1.29, 1.82) is 0 Å². The highest BCUT2D eigenvalue weighted by molar-refractivity contribution is 5.97. The first-order chi connectivity index (χ1) is 10.3. The maximum Gasteiger partial charge on any atom is 0.131 e. The molecule has 0 unspecified atom stereocenters. The topological polar surface area (TPSA) is 43.8 Å². The van der Waals surface area contributed by atoms with Gasteiger partial charge in [0, 0.05) is 18.0 Å². The van der Waals surface area contributed by atoms with E-state index in [0.717, 1.165) is 29.4 Å². The van der Waals surface area contributed by atoms with Crippen LogP contribution in [0.2, 0.25) is 0 Å². The van der Waals surface area contributed by atoms with Crippen LogP contribution in [-0.2, 0) is 6.54 Å². The molecule has 2 aromatic carbocycles. The van der Waals surface area contributed by atoms with Crippen LogP contribution in [-0.4, -0.2) is 9.55 Å². The molecule has 0 spiro atoms. The maximum absolute atomic E-state index is 6.40. The van der Waals surface area contributed by atoms with Crippen LogP contribution in [0, 0.1) is 0 Å². The smallest absolute Gasteiger partial charge is 0.131 e. The molecule has 106 valence electrons. The Kier molecular flexibility index (Phi) is 2.74. The van der Waals surface area contributed by atoms with E-state index in [9.17, 15) is 0 Å². The van der Waals surface area contributed by atoms with Gasteiger partial charge in [-0.3, -0.25) is 0 Å². The number of imidazole rings is 1. The lowest BCUT2D eigenvalue weighted by Gasteiger charge is -2.07. The van der Waals surface area contributed by atoms with Gasteiger partial charge in [0.25, 0.3) is 0 Å². The number of benzene rings is 2. The van der Waals surface area contributed by atoms with Crippen molar-refractivity contribution in [2.45, 2.75) is 32.2 Å². The number of fused-ring (bicyclic) bond motifs is 1. The SMILES string of the molecule is CCn1c(C2CC2)nc(-c2cccc3ccccc23)c1N. The molecule has 2 N–H and O–H groups in total. The average molecular weight is 277 g/mol. The molecule has 0 atom stereocenters. The zero-order chi connectivity index (χ0) is 14.4.